The Morgan fingerprint density at radius 1 is 1.15 bits per heavy atom. The molecule has 0 spiro atoms. The van der Waals surface area contributed by atoms with E-state index in [0.717, 1.165) is 4.57 Å². The maximum absolute atomic E-state index is 11.0. The largest absolute Gasteiger partial charge is 0.333 e. The van der Waals surface area contributed by atoms with E-state index in [0.29, 0.717) is 13.0 Å². The van der Waals surface area contributed by atoms with Gasteiger partial charge in [-0.05, 0) is 13.0 Å². The first-order valence-corrected chi connectivity index (χ1v) is 3.78. The van der Waals surface area contributed by atoms with Gasteiger partial charge < -0.3 is 5.73 Å². The number of H-pyrrole nitrogens is 2. The third-order valence-corrected chi connectivity index (χ3v) is 1.52. The van der Waals surface area contributed by atoms with Crippen LogP contribution in [-0.4, -0.2) is 21.1 Å². The van der Waals surface area contributed by atoms with E-state index in [4.69, 9.17) is 5.73 Å². The Labute approximate surface area is 72.2 Å². The summed E-state index contributed by atoms with van der Waals surface area (Å²) >= 11 is 0. The minimum atomic E-state index is -0.793. The van der Waals surface area contributed by atoms with Gasteiger partial charge in [-0.2, -0.15) is 0 Å². The molecule has 0 aliphatic rings. The van der Waals surface area contributed by atoms with Crippen LogP contribution in [0.2, 0.25) is 0 Å². The van der Waals surface area contributed by atoms with Crippen LogP contribution in [-0.2, 0) is 6.54 Å². The second-order valence-electron chi connectivity index (χ2n) is 2.48. The minimum absolute atomic E-state index is 0.210. The number of aromatic amines is 2. The van der Waals surface area contributed by atoms with Crippen LogP contribution in [0.15, 0.2) is 14.4 Å². The Balaban J connectivity index is 3.15. The standard InChI is InChI=1S/C6H10N4O3/c7-2-1-3-10-5(12)8-4(11)9-6(10)13/h1-3,7H2,(H2,8,9,11,12,13). The lowest BCUT2D eigenvalue weighted by molar-refractivity contribution is 0.571. The number of nitrogens with two attached hydrogens (primary N) is 1. The number of nitrogens with one attached hydrogen (secondary N) is 2. The summed E-state index contributed by atoms with van der Waals surface area (Å²) in [6, 6.07) is 0. The number of hydrogen-bond donors (Lipinski definition) is 3. The molecule has 7 nitrogen and oxygen atoms in total. The van der Waals surface area contributed by atoms with Gasteiger partial charge in [0.15, 0.2) is 0 Å². The third-order valence-electron chi connectivity index (χ3n) is 1.52. The molecule has 0 aromatic carbocycles. The van der Waals surface area contributed by atoms with Gasteiger partial charge in [0.05, 0.1) is 0 Å². The van der Waals surface area contributed by atoms with Crippen LogP contribution in [0, 0.1) is 0 Å². The van der Waals surface area contributed by atoms with Gasteiger partial charge in [0.2, 0.25) is 0 Å². The predicted molar refractivity (Wildman–Crippen MR) is 45.6 cm³/mol. The van der Waals surface area contributed by atoms with E-state index in [9.17, 15) is 14.4 Å². The normalized spacial score (nSPS) is 10.2. The van der Waals surface area contributed by atoms with E-state index in [1.54, 1.807) is 0 Å². The maximum Gasteiger partial charge on any atom is 0.333 e. The Bertz CT molecular complexity index is 406. The van der Waals surface area contributed by atoms with Crippen molar-refractivity contribution in [3.05, 3.63) is 31.5 Å². The quantitative estimate of drug-likeness (QED) is 0.487. The maximum atomic E-state index is 11.0. The number of hydrogen-bond acceptors (Lipinski definition) is 4. The number of rotatable bonds is 3. The highest BCUT2D eigenvalue weighted by atomic mass is 16.2. The van der Waals surface area contributed by atoms with Crippen LogP contribution < -0.4 is 22.8 Å². The molecule has 1 aromatic rings. The summed E-state index contributed by atoms with van der Waals surface area (Å²) in [6.07, 6.45) is 0.509. The Morgan fingerprint density at radius 2 is 1.69 bits per heavy atom. The lowest BCUT2D eigenvalue weighted by atomic mass is 10.4. The van der Waals surface area contributed by atoms with E-state index >= 15 is 0 Å². The molecule has 0 saturated heterocycles. The molecule has 0 amide bonds. The lowest BCUT2D eigenvalue weighted by Crippen LogP contribution is -2.43. The van der Waals surface area contributed by atoms with Crippen molar-refractivity contribution in [2.75, 3.05) is 6.54 Å². The van der Waals surface area contributed by atoms with Crippen molar-refractivity contribution in [1.82, 2.24) is 14.5 Å². The first-order chi connectivity index (χ1) is 6.15. The molecule has 4 N–H and O–H groups in total. The molecule has 0 aliphatic heterocycles. The fourth-order valence-electron chi connectivity index (χ4n) is 0.905. The van der Waals surface area contributed by atoms with Crippen LogP contribution in [0.1, 0.15) is 6.42 Å². The van der Waals surface area contributed by atoms with Crippen LogP contribution in [0.25, 0.3) is 0 Å². The summed E-state index contributed by atoms with van der Waals surface area (Å²) < 4.78 is 0.897. The first kappa shape index (κ1) is 9.46. The molecular weight excluding hydrogens is 176 g/mol. The first-order valence-electron chi connectivity index (χ1n) is 3.78. The predicted octanol–water partition coefficient (Wildman–Crippen LogP) is -2.43. The average molecular weight is 186 g/mol. The molecule has 7 heteroatoms. The molecule has 0 bridgehead atoms. The van der Waals surface area contributed by atoms with Crippen LogP contribution in [0.3, 0.4) is 0 Å². The molecule has 0 fully saturated rings. The highest BCUT2D eigenvalue weighted by molar-refractivity contribution is 4.68. The van der Waals surface area contributed by atoms with Gasteiger partial charge >= 0.3 is 17.1 Å². The molecular formula is C6H10N4O3. The highest BCUT2D eigenvalue weighted by Gasteiger charge is 2.00. The van der Waals surface area contributed by atoms with Crippen molar-refractivity contribution in [2.45, 2.75) is 13.0 Å². The summed E-state index contributed by atoms with van der Waals surface area (Å²) in [4.78, 5) is 36.5. The summed E-state index contributed by atoms with van der Waals surface area (Å²) in [5.41, 5.74) is 3.00. The molecule has 1 rings (SSSR count). The van der Waals surface area contributed by atoms with E-state index in [1.165, 1.54) is 0 Å². The van der Waals surface area contributed by atoms with E-state index < -0.39 is 17.1 Å². The molecule has 1 heterocycles. The number of aromatic nitrogens is 3. The molecule has 72 valence electrons. The highest BCUT2D eigenvalue weighted by Crippen LogP contribution is 1.75. The van der Waals surface area contributed by atoms with E-state index in [2.05, 4.69) is 0 Å². The SMILES string of the molecule is NCCCn1c(=O)[nH]c(=O)[nH]c1=O. The second-order valence-corrected chi connectivity index (χ2v) is 2.48. The van der Waals surface area contributed by atoms with Crippen molar-refractivity contribution < 1.29 is 0 Å². The van der Waals surface area contributed by atoms with Crippen molar-refractivity contribution in [3.8, 4) is 0 Å². The van der Waals surface area contributed by atoms with Gasteiger partial charge in [0.1, 0.15) is 0 Å². The Morgan fingerprint density at radius 3 is 2.15 bits per heavy atom. The summed E-state index contributed by atoms with van der Waals surface area (Å²) in [5.74, 6) is 0. The monoisotopic (exact) mass is 186 g/mol. The smallest absolute Gasteiger partial charge is 0.330 e. The van der Waals surface area contributed by atoms with Gasteiger partial charge in [-0.3, -0.25) is 9.97 Å². The van der Waals surface area contributed by atoms with E-state index in [1.807, 2.05) is 9.97 Å². The molecule has 1 aromatic heterocycles. The molecule has 0 unspecified atom stereocenters. The minimum Gasteiger partial charge on any atom is -0.330 e. The van der Waals surface area contributed by atoms with Crippen LogP contribution in [0.5, 0.6) is 0 Å². The topological polar surface area (TPSA) is 114 Å². The zero-order valence-corrected chi connectivity index (χ0v) is 6.87. The number of nitrogens with zero attached hydrogens (tertiary/aromatic N) is 1. The molecule has 0 saturated carbocycles. The molecule has 0 atom stereocenters. The van der Waals surface area contributed by atoms with Crippen molar-refractivity contribution in [1.29, 1.82) is 0 Å². The van der Waals surface area contributed by atoms with Gasteiger partial charge in [0.25, 0.3) is 0 Å². The summed E-state index contributed by atoms with van der Waals surface area (Å²) in [7, 11) is 0. The van der Waals surface area contributed by atoms with E-state index in [-0.39, 0.29) is 6.54 Å². The summed E-state index contributed by atoms with van der Waals surface area (Å²) in [6.45, 7) is 0.590. The zero-order valence-electron chi connectivity index (χ0n) is 6.87. The van der Waals surface area contributed by atoms with Gasteiger partial charge in [-0.15, -0.1) is 0 Å². The molecule has 0 aliphatic carbocycles. The fourth-order valence-corrected chi connectivity index (χ4v) is 0.905. The van der Waals surface area contributed by atoms with Crippen LogP contribution >= 0.6 is 0 Å². The van der Waals surface area contributed by atoms with Gasteiger partial charge in [-0.1, -0.05) is 0 Å². The Kier molecular flexibility index (Phi) is 2.80. The molecule has 13 heavy (non-hydrogen) atoms. The Hall–Kier alpha value is -1.63. The van der Waals surface area contributed by atoms with Gasteiger partial charge in [-0.25, -0.2) is 19.0 Å². The molecule has 0 radical (unpaired) electrons. The lowest BCUT2D eigenvalue weighted by Gasteiger charge is -1.99. The zero-order chi connectivity index (χ0) is 9.84. The fraction of sp³-hybridized carbons (Fsp3) is 0.500. The second kappa shape index (κ2) is 3.85. The van der Waals surface area contributed by atoms with Crippen molar-refractivity contribution >= 4 is 0 Å². The van der Waals surface area contributed by atoms with Crippen LogP contribution in [0.4, 0.5) is 0 Å². The van der Waals surface area contributed by atoms with Gasteiger partial charge in [0, 0.05) is 6.54 Å². The van der Waals surface area contributed by atoms with Crippen molar-refractivity contribution in [2.24, 2.45) is 5.73 Å². The van der Waals surface area contributed by atoms with Crippen molar-refractivity contribution in [3.63, 3.8) is 0 Å². The summed E-state index contributed by atoms with van der Waals surface area (Å²) in [5, 5.41) is 0. The average Bonchev–Trinajstić information content (AvgIpc) is 2.02. The third kappa shape index (κ3) is 2.15.